The maximum Gasteiger partial charge on any atom is 0.318 e. The molecule has 2 rings (SSSR count). The third-order valence-electron chi connectivity index (χ3n) is 3.86. The van der Waals surface area contributed by atoms with Gasteiger partial charge in [0.15, 0.2) is 5.82 Å². The highest BCUT2D eigenvalue weighted by atomic mass is 35.5. The third-order valence-corrected chi connectivity index (χ3v) is 6.06. The molecule has 23 heavy (non-hydrogen) atoms. The van der Waals surface area contributed by atoms with Gasteiger partial charge in [0.1, 0.15) is 5.02 Å². The van der Waals surface area contributed by atoms with E-state index in [0.717, 1.165) is 12.8 Å². The molecule has 0 spiro atoms. The molecule has 0 aromatic carbocycles. The van der Waals surface area contributed by atoms with Crippen molar-refractivity contribution in [2.75, 3.05) is 37.8 Å². The van der Waals surface area contributed by atoms with Crippen molar-refractivity contribution in [1.29, 1.82) is 0 Å². The molecule has 0 bridgehead atoms. The Morgan fingerprint density at radius 3 is 3.00 bits per heavy atom. The number of anilines is 1. The predicted octanol–water partition coefficient (Wildman–Crippen LogP) is 2.00. The molecule has 1 aliphatic heterocycles. The second-order valence-corrected chi connectivity index (χ2v) is 8.11. The summed E-state index contributed by atoms with van der Waals surface area (Å²) in [4.78, 5) is 8.07. The summed E-state index contributed by atoms with van der Waals surface area (Å²) in [6, 6.07) is 0.243. The SMILES string of the molecule is CCCCS(=O)(=O)N1CCC(CNc2nc(OC)ncc2Cl)C1. The molecule has 130 valence electrons. The zero-order chi connectivity index (χ0) is 16.9. The lowest BCUT2D eigenvalue weighted by atomic mass is 10.1. The lowest BCUT2D eigenvalue weighted by molar-refractivity contribution is 0.380. The zero-order valence-corrected chi connectivity index (χ0v) is 15.0. The molecule has 7 nitrogen and oxygen atoms in total. The number of hydrogen-bond donors (Lipinski definition) is 1. The minimum Gasteiger partial charge on any atom is -0.467 e. The van der Waals surface area contributed by atoms with Crippen LogP contribution in [0.2, 0.25) is 5.02 Å². The Kier molecular flexibility index (Phi) is 6.43. The van der Waals surface area contributed by atoms with Crippen molar-refractivity contribution in [3.63, 3.8) is 0 Å². The highest BCUT2D eigenvalue weighted by Crippen LogP contribution is 2.24. The molecule has 1 aliphatic rings. The van der Waals surface area contributed by atoms with E-state index in [2.05, 4.69) is 15.3 Å². The molecule has 1 fully saturated rings. The summed E-state index contributed by atoms with van der Waals surface area (Å²) in [7, 11) is -1.63. The van der Waals surface area contributed by atoms with E-state index < -0.39 is 10.0 Å². The van der Waals surface area contributed by atoms with E-state index in [1.807, 2.05) is 6.92 Å². The Labute approximate surface area is 142 Å². The molecule has 0 radical (unpaired) electrons. The number of nitrogens with one attached hydrogen (secondary N) is 1. The summed E-state index contributed by atoms with van der Waals surface area (Å²) in [6.07, 6.45) is 3.90. The number of nitrogens with zero attached hydrogens (tertiary/aromatic N) is 3. The van der Waals surface area contributed by atoms with Gasteiger partial charge in [0.05, 0.1) is 19.1 Å². The van der Waals surface area contributed by atoms with E-state index in [-0.39, 0.29) is 17.7 Å². The fraction of sp³-hybridized carbons (Fsp3) is 0.714. The van der Waals surface area contributed by atoms with Crippen LogP contribution in [0.4, 0.5) is 5.82 Å². The fourth-order valence-corrected chi connectivity index (χ4v) is 4.38. The van der Waals surface area contributed by atoms with Crippen molar-refractivity contribution in [3.05, 3.63) is 11.2 Å². The summed E-state index contributed by atoms with van der Waals surface area (Å²) in [5.74, 6) is 0.979. The minimum atomic E-state index is -3.12. The number of ether oxygens (including phenoxy) is 1. The number of hydrogen-bond acceptors (Lipinski definition) is 6. The number of sulfonamides is 1. The van der Waals surface area contributed by atoms with Crippen molar-refractivity contribution in [2.24, 2.45) is 5.92 Å². The van der Waals surface area contributed by atoms with Gasteiger partial charge in [-0.2, -0.15) is 4.98 Å². The molecule has 0 aliphatic carbocycles. The molecule has 1 saturated heterocycles. The van der Waals surface area contributed by atoms with Crippen molar-refractivity contribution >= 4 is 27.4 Å². The van der Waals surface area contributed by atoms with Gasteiger partial charge in [0.2, 0.25) is 10.0 Å². The number of aromatic nitrogens is 2. The normalized spacial score (nSPS) is 19.0. The maximum absolute atomic E-state index is 12.2. The van der Waals surface area contributed by atoms with Gasteiger partial charge in [-0.3, -0.25) is 0 Å². The molecule has 0 amide bonds. The lowest BCUT2D eigenvalue weighted by Crippen LogP contribution is -2.31. The molecule has 1 unspecified atom stereocenters. The molecule has 9 heteroatoms. The topological polar surface area (TPSA) is 84.4 Å². The Bertz CT molecular complexity index is 626. The quantitative estimate of drug-likeness (QED) is 0.761. The van der Waals surface area contributed by atoms with Gasteiger partial charge in [0, 0.05) is 19.6 Å². The Morgan fingerprint density at radius 1 is 1.52 bits per heavy atom. The van der Waals surface area contributed by atoms with Crippen LogP contribution in [0.5, 0.6) is 6.01 Å². The van der Waals surface area contributed by atoms with E-state index in [0.29, 0.717) is 36.9 Å². The van der Waals surface area contributed by atoms with Gasteiger partial charge in [-0.25, -0.2) is 17.7 Å². The third kappa shape index (κ3) is 4.92. The summed E-state index contributed by atoms with van der Waals surface area (Å²) in [6.45, 7) is 3.73. The Hall–Kier alpha value is -1.12. The van der Waals surface area contributed by atoms with Crippen LogP contribution in [-0.4, -0.2) is 55.2 Å². The van der Waals surface area contributed by atoms with Crippen LogP contribution in [0.25, 0.3) is 0 Å². The van der Waals surface area contributed by atoms with E-state index in [9.17, 15) is 8.42 Å². The number of methoxy groups -OCH3 is 1. The molecule has 1 aromatic heterocycles. The van der Waals surface area contributed by atoms with Crippen molar-refractivity contribution < 1.29 is 13.2 Å². The van der Waals surface area contributed by atoms with Gasteiger partial charge >= 0.3 is 6.01 Å². The average Bonchev–Trinajstić information content (AvgIpc) is 3.02. The van der Waals surface area contributed by atoms with E-state index >= 15 is 0 Å². The first-order valence-electron chi connectivity index (χ1n) is 7.74. The van der Waals surface area contributed by atoms with E-state index in [1.165, 1.54) is 13.3 Å². The van der Waals surface area contributed by atoms with Gasteiger partial charge in [-0.05, 0) is 18.8 Å². The summed E-state index contributed by atoms with van der Waals surface area (Å²) < 4.78 is 31.0. The standard InChI is InChI=1S/C14H23ClN4O3S/c1-3-4-7-23(20,21)19-6-5-11(10-19)8-16-13-12(15)9-17-14(18-13)22-2/h9,11H,3-8,10H2,1-2H3,(H,16,17,18). The highest BCUT2D eigenvalue weighted by Gasteiger charge is 2.30. The van der Waals surface area contributed by atoms with Crippen LogP contribution in [0.3, 0.4) is 0 Å². The van der Waals surface area contributed by atoms with E-state index in [1.54, 1.807) is 4.31 Å². The van der Waals surface area contributed by atoms with Gasteiger partial charge < -0.3 is 10.1 Å². The largest absolute Gasteiger partial charge is 0.467 e. The van der Waals surface area contributed by atoms with Crippen molar-refractivity contribution in [3.8, 4) is 6.01 Å². The zero-order valence-electron chi connectivity index (χ0n) is 13.5. The monoisotopic (exact) mass is 362 g/mol. The fourth-order valence-electron chi connectivity index (χ4n) is 2.49. The van der Waals surface area contributed by atoms with Crippen molar-refractivity contribution in [1.82, 2.24) is 14.3 Å². The van der Waals surface area contributed by atoms with Crippen LogP contribution in [-0.2, 0) is 10.0 Å². The molecule has 2 heterocycles. The van der Waals surface area contributed by atoms with Crippen molar-refractivity contribution in [2.45, 2.75) is 26.2 Å². The number of halogens is 1. The molecule has 1 N–H and O–H groups in total. The smallest absolute Gasteiger partial charge is 0.318 e. The Morgan fingerprint density at radius 2 is 2.30 bits per heavy atom. The first-order valence-corrected chi connectivity index (χ1v) is 9.73. The molecule has 1 aromatic rings. The average molecular weight is 363 g/mol. The second kappa shape index (κ2) is 8.12. The Balaban J connectivity index is 1.89. The summed E-state index contributed by atoms with van der Waals surface area (Å²) in [5.41, 5.74) is 0. The second-order valence-electron chi connectivity index (χ2n) is 5.62. The van der Waals surface area contributed by atoms with Crippen LogP contribution < -0.4 is 10.1 Å². The molecular weight excluding hydrogens is 340 g/mol. The van der Waals surface area contributed by atoms with Crippen LogP contribution >= 0.6 is 11.6 Å². The van der Waals surface area contributed by atoms with Crippen LogP contribution in [0, 0.1) is 5.92 Å². The van der Waals surface area contributed by atoms with Crippen LogP contribution in [0.15, 0.2) is 6.20 Å². The summed E-state index contributed by atoms with van der Waals surface area (Å²) >= 11 is 6.05. The highest BCUT2D eigenvalue weighted by molar-refractivity contribution is 7.89. The predicted molar refractivity (Wildman–Crippen MR) is 90.5 cm³/mol. The number of rotatable bonds is 8. The number of unbranched alkanes of at least 4 members (excludes halogenated alkanes) is 1. The molecule has 1 atom stereocenters. The van der Waals surface area contributed by atoms with Gasteiger partial charge in [0.25, 0.3) is 0 Å². The van der Waals surface area contributed by atoms with Gasteiger partial charge in [-0.1, -0.05) is 24.9 Å². The van der Waals surface area contributed by atoms with Gasteiger partial charge in [-0.15, -0.1) is 0 Å². The van der Waals surface area contributed by atoms with E-state index in [4.69, 9.17) is 16.3 Å². The first-order chi connectivity index (χ1) is 11.0. The lowest BCUT2D eigenvalue weighted by Gasteiger charge is -2.17. The maximum atomic E-state index is 12.2. The molecular formula is C14H23ClN4O3S. The molecule has 0 saturated carbocycles. The summed E-state index contributed by atoms with van der Waals surface area (Å²) in [5, 5.41) is 3.57. The first kappa shape index (κ1) is 18.2. The van der Waals surface area contributed by atoms with Crippen LogP contribution in [0.1, 0.15) is 26.2 Å². The minimum absolute atomic E-state index is 0.235.